The van der Waals surface area contributed by atoms with E-state index in [2.05, 4.69) is 15.6 Å². The van der Waals surface area contributed by atoms with Crippen LogP contribution >= 0.6 is 22.9 Å². The fourth-order valence-electron chi connectivity index (χ4n) is 2.05. The summed E-state index contributed by atoms with van der Waals surface area (Å²) in [6.45, 7) is 2.67. The van der Waals surface area contributed by atoms with Gasteiger partial charge >= 0.3 is 0 Å². The summed E-state index contributed by atoms with van der Waals surface area (Å²) in [4.78, 5) is 16.7. The van der Waals surface area contributed by atoms with Crippen LogP contribution in [0.4, 0.5) is 11.4 Å². The molecule has 3 rings (SSSR count). The molecular weight excluding hydrogens is 282 g/mol. The molecule has 0 spiro atoms. The lowest BCUT2D eigenvalue weighted by Gasteiger charge is -2.09. The van der Waals surface area contributed by atoms with E-state index in [4.69, 9.17) is 11.6 Å². The van der Waals surface area contributed by atoms with Gasteiger partial charge in [0.05, 0.1) is 28.7 Å². The van der Waals surface area contributed by atoms with Crippen molar-refractivity contribution in [1.82, 2.24) is 4.98 Å². The van der Waals surface area contributed by atoms with E-state index in [1.165, 1.54) is 0 Å². The topological polar surface area (TPSA) is 54.0 Å². The minimum Gasteiger partial charge on any atom is -0.379 e. The van der Waals surface area contributed by atoms with Gasteiger partial charge in [0.2, 0.25) is 5.91 Å². The van der Waals surface area contributed by atoms with Crippen molar-refractivity contribution in [3.05, 3.63) is 38.8 Å². The molecule has 0 radical (unpaired) electrons. The number of carbonyl (C=O) groups is 1. The van der Waals surface area contributed by atoms with Crippen molar-refractivity contribution in [1.29, 1.82) is 0 Å². The second-order valence-corrected chi connectivity index (χ2v) is 6.14. The van der Waals surface area contributed by atoms with E-state index in [-0.39, 0.29) is 5.91 Å². The van der Waals surface area contributed by atoms with Gasteiger partial charge in [-0.15, -0.1) is 11.3 Å². The summed E-state index contributed by atoms with van der Waals surface area (Å²) in [6.07, 6.45) is 2.28. The van der Waals surface area contributed by atoms with E-state index in [9.17, 15) is 4.79 Å². The molecule has 1 aromatic carbocycles. The van der Waals surface area contributed by atoms with Crippen molar-refractivity contribution < 1.29 is 4.79 Å². The fourth-order valence-corrected chi connectivity index (χ4v) is 3.02. The summed E-state index contributed by atoms with van der Waals surface area (Å²) in [7, 11) is 0. The van der Waals surface area contributed by atoms with Crippen molar-refractivity contribution in [3.63, 3.8) is 0 Å². The molecule has 19 heavy (non-hydrogen) atoms. The maximum absolute atomic E-state index is 11.3. The van der Waals surface area contributed by atoms with E-state index in [1.54, 1.807) is 17.4 Å². The van der Waals surface area contributed by atoms with Crippen LogP contribution in [0, 0.1) is 6.92 Å². The Kier molecular flexibility index (Phi) is 3.16. The second kappa shape index (κ2) is 4.83. The fraction of sp³-hybridized carbons (Fsp3) is 0.231. The van der Waals surface area contributed by atoms with Gasteiger partial charge < -0.3 is 10.6 Å². The number of rotatable bonds is 3. The molecule has 1 aliphatic heterocycles. The highest BCUT2D eigenvalue weighted by atomic mass is 35.5. The van der Waals surface area contributed by atoms with Gasteiger partial charge in [0.25, 0.3) is 0 Å². The minimum absolute atomic E-state index is 0.0151. The first-order chi connectivity index (χ1) is 9.11. The highest BCUT2D eigenvalue weighted by molar-refractivity contribution is 7.11. The lowest BCUT2D eigenvalue weighted by atomic mass is 10.1. The molecule has 0 atom stereocenters. The number of nitrogens with zero attached hydrogens (tertiary/aromatic N) is 1. The van der Waals surface area contributed by atoms with Gasteiger partial charge in [-0.2, -0.15) is 0 Å². The van der Waals surface area contributed by atoms with E-state index in [0.717, 1.165) is 26.8 Å². The molecule has 0 saturated heterocycles. The zero-order chi connectivity index (χ0) is 13.4. The van der Waals surface area contributed by atoms with Crippen LogP contribution in [-0.4, -0.2) is 10.9 Å². The summed E-state index contributed by atoms with van der Waals surface area (Å²) in [5, 5.41) is 7.73. The lowest BCUT2D eigenvalue weighted by molar-refractivity contribution is -0.115. The van der Waals surface area contributed by atoms with Gasteiger partial charge in [0.1, 0.15) is 0 Å². The molecule has 2 N–H and O–H groups in total. The molecule has 0 unspecified atom stereocenters. The third kappa shape index (κ3) is 2.57. The first kappa shape index (κ1) is 12.4. The lowest BCUT2D eigenvalue weighted by Crippen LogP contribution is -2.03. The highest BCUT2D eigenvalue weighted by Gasteiger charge is 2.19. The van der Waals surface area contributed by atoms with Crippen molar-refractivity contribution >= 4 is 40.2 Å². The number of aryl methyl sites for hydroxylation is 1. The SMILES string of the molecule is Cc1ncc(CNc2cc3c(cc2Cl)NC(=O)C3)s1. The van der Waals surface area contributed by atoms with Crippen LogP contribution in [0.5, 0.6) is 0 Å². The molecule has 0 bridgehead atoms. The molecule has 2 aromatic rings. The number of fused-ring (bicyclic) bond motifs is 1. The third-order valence-corrected chi connectivity index (χ3v) is 4.17. The minimum atomic E-state index is 0.0151. The number of anilines is 2. The van der Waals surface area contributed by atoms with Crippen LogP contribution in [0.1, 0.15) is 15.4 Å². The quantitative estimate of drug-likeness (QED) is 0.913. The number of amides is 1. The number of halogens is 1. The predicted octanol–water partition coefficient (Wildman–Crippen LogP) is 3.21. The predicted molar refractivity (Wildman–Crippen MR) is 78.0 cm³/mol. The smallest absolute Gasteiger partial charge is 0.228 e. The Hall–Kier alpha value is -1.59. The standard InChI is InChI=1S/C13H12ClN3OS/c1-7-15-5-9(19-7)6-16-12-2-8-3-13(18)17-11(8)4-10(12)14/h2,4-5,16H,3,6H2,1H3,(H,17,18). The van der Waals surface area contributed by atoms with Crippen molar-refractivity contribution in [2.24, 2.45) is 0 Å². The molecule has 0 aliphatic carbocycles. The molecule has 0 saturated carbocycles. The average Bonchev–Trinajstić information content (AvgIpc) is 2.91. The molecular formula is C13H12ClN3OS. The Morgan fingerprint density at radius 2 is 2.37 bits per heavy atom. The molecule has 1 aromatic heterocycles. The Morgan fingerprint density at radius 3 is 3.11 bits per heavy atom. The maximum atomic E-state index is 11.3. The number of hydrogen-bond acceptors (Lipinski definition) is 4. The first-order valence-electron chi connectivity index (χ1n) is 5.89. The van der Waals surface area contributed by atoms with Gasteiger partial charge in [-0.25, -0.2) is 4.98 Å². The second-order valence-electron chi connectivity index (χ2n) is 4.41. The van der Waals surface area contributed by atoms with Crippen LogP contribution in [0.2, 0.25) is 5.02 Å². The number of benzene rings is 1. The van der Waals surface area contributed by atoms with Gasteiger partial charge in [0.15, 0.2) is 0 Å². The third-order valence-electron chi connectivity index (χ3n) is 2.94. The Morgan fingerprint density at radius 1 is 1.53 bits per heavy atom. The van der Waals surface area contributed by atoms with E-state index >= 15 is 0 Å². The van der Waals surface area contributed by atoms with Gasteiger partial charge in [0, 0.05) is 16.8 Å². The Bertz CT molecular complexity index is 653. The molecule has 6 heteroatoms. The maximum Gasteiger partial charge on any atom is 0.228 e. The molecule has 2 heterocycles. The zero-order valence-corrected chi connectivity index (χ0v) is 11.9. The van der Waals surface area contributed by atoms with E-state index in [0.29, 0.717) is 18.0 Å². The molecule has 1 aliphatic rings. The van der Waals surface area contributed by atoms with Gasteiger partial charge in [-0.1, -0.05) is 11.6 Å². The van der Waals surface area contributed by atoms with E-state index < -0.39 is 0 Å². The van der Waals surface area contributed by atoms with Crippen molar-refractivity contribution in [2.45, 2.75) is 19.9 Å². The van der Waals surface area contributed by atoms with Crippen LogP contribution in [-0.2, 0) is 17.8 Å². The van der Waals surface area contributed by atoms with Crippen LogP contribution < -0.4 is 10.6 Å². The average molecular weight is 294 g/mol. The summed E-state index contributed by atoms with van der Waals surface area (Å²) < 4.78 is 0. The Labute approximate surface area is 119 Å². The summed E-state index contributed by atoms with van der Waals surface area (Å²) >= 11 is 7.86. The summed E-state index contributed by atoms with van der Waals surface area (Å²) in [6, 6.07) is 3.73. The number of carbonyl (C=O) groups excluding carboxylic acids is 1. The number of aromatic nitrogens is 1. The molecule has 1 amide bonds. The monoisotopic (exact) mass is 293 g/mol. The zero-order valence-electron chi connectivity index (χ0n) is 10.3. The number of nitrogens with one attached hydrogen (secondary N) is 2. The number of thiazole rings is 1. The molecule has 4 nitrogen and oxygen atoms in total. The van der Waals surface area contributed by atoms with Crippen LogP contribution in [0.3, 0.4) is 0 Å². The van der Waals surface area contributed by atoms with Crippen LogP contribution in [0.25, 0.3) is 0 Å². The van der Waals surface area contributed by atoms with Crippen molar-refractivity contribution in [3.8, 4) is 0 Å². The van der Waals surface area contributed by atoms with Crippen molar-refractivity contribution in [2.75, 3.05) is 10.6 Å². The summed E-state index contributed by atoms with van der Waals surface area (Å²) in [5.74, 6) is 0.0151. The van der Waals surface area contributed by atoms with Crippen LogP contribution in [0.15, 0.2) is 18.3 Å². The van der Waals surface area contributed by atoms with Gasteiger partial charge in [-0.3, -0.25) is 4.79 Å². The molecule has 0 fully saturated rings. The summed E-state index contributed by atoms with van der Waals surface area (Å²) in [5.41, 5.74) is 2.65. The normalized spacial score (nSPS) is 13.3. The first-order valence-corrected chi connectivity index (χ1v) is 7.09. The van der Waals surface area contributed by atoms with E-state index in [1.807, 2.05) is 19.2 Å². The highest BCUT2D eigenvalue weighted by Crippen LogP contribution is 2.33. The van der Waals surface area contributed by atoms with Gasteiger partial charge in [-0.05, 0) is 24.6 Å². The molecule has 98 valence electrons. The number of hydrogen-bond donors (Lipinski definition) is 2. The Balaban J connectivity index is 1.78. The largest absolute Gasteiger partial charge is 0.379 e.